The van der Waals surface area contributed by atoms with Crippen LogP contribution in [0.25, 0.3) is 0 Å². The van der Waals surface area contributed by atoms with Gasteiger partial charge in [0.05, 0.1) is 17.9 Å². The van der Waals surface area contributed by atoms with Crippen LogP contribution in [0, 0.1) is 11.3 Å². The molecule has 1 amide bonds. The first-order valence-corrected chi connectivity index (χ1v) is 7.24. The number of hydrogen-bond donors (Lipinski definition) is 2. The number of β-amino-alcohol motifs (C(OH)–C–C–N with tert-alkyl or cyclic N) is 1. The van der Waals surface area contributed by atoms with Crippen molar-refractivity contribution >= 4 is 11.7 Å². The second-order valence-corrected chi connectivity index (χ2v) is 5.33. The number of nitrogens with one attached hydrogen (secondary N) is 1. The first-order chi connectivity index (χ1) is 11.2. The average Bonchev–Trinajstić information content (AvgIpc) is 2.98. The van der Waals surface area contributed by atoms with Crippen LogP contribution in [-0.4, -0.2) is 63.1 Å². The summed E-state index contributed by atoms with van der Waals surface area (Å²) >= 11 is 0. The van der Waals surface area contributed by atoms with Crippen LogP contribution in [0.3, 0.4) is 0 Å². The van der Waals surface area contributed by atoms with Gasteiger partial charge in [0.1, 0.15) is 17.6 Å². The lowest BCUT2D eigenvalue weighted by molar-refractivity contribution is 0.0669. The van der Waals surface area contributed by atoms with E-state index in [4.69, 9.17) is 5.26 Å². The first kappa shape index (κ1) is 15.0. The molecule has 0 spiro atoms. The Balaban J connectivity index is 1.73. The molecule has 1 saturated heterocycles. The normalized spacial score (nSPS) is 18.3. The number of carbonyl (C=O) groups is 1. The van der Waals surface area contributed by atoms with Crippen molar-refractivity contribution in [1.82, 2.24) is 19.9 Å². The summed E-state index contributed by atoms with van der Waals surface area (Å²) < 4.78 is 0. The highest BCUT2D eigenvalue weighted by molar-refractivity contribution is 5.93. The molecule has 0 aliphatic carbocycles. The molecule has 0 saturated carbocycles. The number of amides is 1. The number of H-pyrrole nitrogens is 1. The first-order valence-electron chi connectivity index (χ1n) is 7.24. The summed E-state index contributed by atoms with van der Waals surface area (Å²) in [4.78, 5) is 27.0. The van der Waals surface area contributed by atoms with E-state index in [1.807, 2.05) is 11.0 Å². The van der Waals surface area contributed by atoms with Gasteiger partial charge in [-0.25, -0.2) is 4.98 Å². The highest BCUT2D eigenvalue weighted by Gasteiger charge is 2.26. The number of aromatic nitrogens is 3. The molecular formula is C15H16N6O2. The van der Waals surface area contributed by atoms with Gasteiger partial charge >= 0.3 is 0 Å². The lowest BCUT2D eigenvalue weighted by Gasteiger charge is -2.22. The fourth-order valence-electron chi connectivity index (χ4n) is 2.59. The van der Waals surface area contributed by atoms with E-state index in [1.54, 1.807) is 23.5 Å². The highest BCUT2D eigenvalue weighted by Crippen LogP contribution is 2.14. The van der Waals surface area contributed by atoms with Crippen LogP contribution in [0.5, 0.6) is 0 Å². The fraction of sp³-hybridized carbons (Fsp3) is 0.333. The van der Waals surface area contributed by atoms with E-state index in [-0.39, 0.29) is 12.5 Å². The van der Waals surface area contributed by atoms with Gasteiger partial charge in [-0.1, -0.05) is 0 Å². The van der Waals surface area contributed by atoms with Crippen LogP contribution in [-0.2, 0) is 0 Å². The van der Waals surface area contributed by atoms with Crippen LogP contribution in [0.1, 0.15) is 16.1 Å². The van der Waals surface area contributed by atoms with Crippen molar-refractivity contribution in [2.24, 2.45) is 0 Å². The maximum absolute atomic E-state index is 12.5. The van der Waals surface area contributed by atoms with Crippen LogP contribution in [0.15, 0.2) is 30.9 Å². The van der Waals surface area contributed by atoms with Crippen molar-refractivity contribution in [2.75, 3.05) is 31.1 Å². The largest absolute Gasteiger partial charge is 0.389 e. The maximum atomic E-state index is 12.5. The number of rotatable bonds is 2. The Morgan fingerprint density at radius 3 is 2.96 bits per heavy atom. The molecule has 1 aliphatic rings. The smallest absolute Gasteiger partial charge is 0.270 e. The summed E-state index contributed by atoms with van der Waals surface area (Å²) in [6.07, 6.45) is 5.62. The van der Waals surface area contributed by atoms with Gasteiger partial charge in [-0.3, -0.25) is 9.78 Å². The molecule has 0 unspecified atom stereocenters. The minimum Gasteiger partial charge on any atom is -0.389 e. The van der Waals surface area contributed by atoms with Crippen LogP contribution < -0.4 is 4.90 Å². The zero-order valence-corrected chi connectivity index (χ0v) is 12.4. The Hall–Kier alpha value is -2.92. The molecule has 2 N–H and O–H groups in total. The van der Waals surface area contributed by atoms with Gasteiger partial charge in [0.2, 0.25) is 0 Å². The average molecular weight is 312 g/mol. The molecule has 1 aliphatic heterocycles. The SMILES string of the molecule is N#Cc1c[nH]c(C(=O)N2CCN(c3cnccn3)C[C@@H](O)C2)c1. The summed E-state index contributed by atoms with van der Waals surface area (Å²) in [6.45, 7) is 1.62. The van der Waals surface area contributed by atoms with Gasteiger partial charge in [-0.2, -0.15) is 5.26 Å². The lowest BCUT2D eigenvalue weighted by Crippen LogP contribution is -2.37. The van der Waals surface area contributed by atoms with Gasteiger partial charge in [-0.15, -0.1) is 0 Å². The van der Waals surface area contributed by atoms with Gasteiger partial charge in [0, 0.05) is 44.8 Å². The number of aliphatic hydroxyl groups excluding tert-OH is 1. The van der Waals surface area contributed by atoms with Crippen LogP contribution in [0.4, 0.5) is 5.82 Å². The minimum absolute atomic E-state index is 0.230. The van der Waals surface area contributed by atoms with E-state index >= 15 is 0 Å². The Labute approximate surface area is 133 Å². The Bertz CT molecular complexity index is 723. The molecule has 0 bridgehead atoms. The van der Waals surface area contributed by atoms with E-state index in [0.717, 1.165) is 0 Å². The van der Waals surface area contributed by atoms with Crippen molar-refractivity contribution in [3.8, 4) is 6.07 Å². The topological polar surface area (TPSA) is 109 Å². The zero-order valence-electron chi connectivity index (χ0n) is 12.4. The summed E-state index contributed by atoms with van der Waals surface area (Å²) in [6, 6.07) is 3.49. The summed E-state index contributed by atoms with van der Waals surface area (Å²) in [5, 5.41) is 19.0. The van der Waals surface area contributed by atoms with Crippen molar-refractivity contribution in [3.05, 3.63) is 42.1 Å². The Kier molecular flexibility index (Phi) is 4.21. The standard InChI is InChI=1S/C15H16N6O2/c16-6-11-5-13(19-7-11)15(23)21-4-3-20(9-12(22)10-21)14-8-17-1-2-18-14/h1-2,5,7-8,12,19,22H,3-4,9-10H2/t12-/m1/s1. The van der Waals surface area contributed by atoms with Crippen molar-refractivity contribution in [2.45, 2.75) is 6.10 Å². The number of nitriles is 1. The minimum atomic E-state index is -0.686. The highest BCUT2D eigenvalue weighted by atomic mass is 16.3. The van der Waals surface area contributed by atoms with E-state index < -0.39 is 6.10 Å². The van der Waals surface area contributed by atoms with Crippen molar-refractivity contribution in [1.29, 1.82) is 5.26 Å². The molecule has 2 aromatic rings. The molecule has 1 atom stereocenters. The molecule has 8 heteroatoms. The molecule has 0 aromatic carbocycles. The monoisotopic (exact) mass is 312 g/mol. The third-order valence-electron chi connectivity index (χ3n) is 3.71. The van der Waals surface area contributed by atoms with Gasteiger partial charge < -0.3 is 19.9 Å². The number of hydrogen-bond acceptors (Lipinski definition) is 6. The molecule has 1 fully saturated rings. The summed E-state index contributed by atoms with van der Waals surface area (Å²) in [7, 11) is 0. The van der Waals surface area contributed by atoms with E-state index in [9.17, 15) is 9.90 Å². The molecule has 8 nitrogen and oxygen atoms in total. The molecule has 23 heavy (non-hydrogen) atoms. The van der Waals surface area contributed by atoms with E-state index in [2.05, 4.69) is 15.0 Å². The number of carbonyl (C=O) groups excluding carboxylic acids is 1. The Morgan fingerprint density at radius 2 is 2.26 bits per heavy atom. The molecular weight excluding hydrogens is 296 g/mol. The van der Waals surface area contributed by atoms with E-state index in [1.165, 1.54) is 12.3 Å². The van der Waals surface area contributed by atoms with Crippen molar-refractivity contribution < 1.29 is 9.90 Å². The van der Waals surface area contributed by atoms with Gasteiger partial charge in [-0.05, 0) is 6.07 Å². The van der Waals surface area contributed by atoms with Gasteiger partial charge in [0.25, 0.3) is 5.91 Å². The second-order valence-electron chi connectivity index (χ2n) is 5.33. The van der Waals surface area contributed by atoms with Crippen LogP contribution >= 0.6 is 0 Å². The zero-order chi connectivity index (χ0) is 16.2. The third kappa shape index (κ3) is 3.30. The predicted molar refractivity (Wildman–Crippen MR) is 81.7 cm³/mol. The molecule has 3 heterocycles. The predicted octanol–water partition coefficient (Wildman–Crippen LogP) is -0.000320. The molecule has 118 valence electrons. The van der Waals surface area contributed by atoms with Crippen molar-refractivity contribution in [3.63, 3.8) is 0 Å². The Morgan fingerprint density at radius 1 is 1.39 bits per heavy atom. The number of aromatic amines is 1. The number of anilines is 1. The third-order valence-corrected chi connectivity index (χ3v) is 3.71. The van der Waals surface area contributed by atoms with Gasteiger partial charge in [0.15, 0.2) is 0 Å². The molecule has 3 rings (SSSR count). The summed E-state index contributed by atoms with van der Waals surface area (Å²) in [5.41, 5.74) is 0.756. The molecule has 2 aromatic heterocycles. The quantitative estimate of drug-likeness (QED) is 0.808. The second kappa shape index (κ2) is 6.46. The van der Waals surface area contributed by atoms with E-state index in [0.29, 0.717) is 36.7 Å². The molecule has 0 radical (unpaired) electrons. The summed E-state index contributed by atoms with van der Waals surface area (Å²) in [5.74, 6) is 0.444. The fourth-order valence-corrected chi connectivity index (χ4v) is 2.59. The number of nitrogens with zero attached hydrogens (tertiary/aromatic N) is 5. The number of aliphatic hydroxyl groups is 1. The lowest BCUT2D eigenvalue weighted by atomic mass is 10.2. The van der Waals surface area contributed by atoms with Crippen LogP contribution in [0.2, 0.25) is 0 Å². The maximum Gasteiger partial charge on any atom is 0.270 e.